The quantitative estimate of drug-likeness (QED) is 0.204. The zero-order chi connectivity index (χ0) is 27.7. The third-order valence-corrected chi connectivity index (χ3v) is 6.30. The minimum absolute atomic E-state index is 0. The molecule has 0 unspecified atom stereocenters. The Morgan fingerprint density at radius 3 is 1.67 bits per heavy atom. The Kier molecular flexibility index (Phi) is 8.96. The molecule has 0 aliphatic carbocycles. The Bertz CT molecular complexity index is 1510. The van der Waals surface area contributed by atoms with E-state index in [2.05, 4.69) is 105 Å². The number of nitrogens with zero attached hydrogens (tertiary/aromatic N) is 7. The molecule has 0 fully saturated rings. The van der Waals surface area contributed by atoms with Crippen molar-refractivity contribution in [3.05, 3.63) is 78.1 Å². The fourth-order valence-corrected chi connectivity index (χ4v) is 3.83. The van der Waals surface area contributed by atoms with Gasteiger partial charge < -0.3 is 20.4 Å². The number of hydrogen-bond donors (Lipinski definition) is 0. The summed E-state index contributed by atoms with van der Waals surface area (Å²) in [6.07, 6.45) is 7.27. The van der Waals surface area contributed by atoms with Gasteiger partial charge in [0.25, 0.3) is 0 Å². The molecule has 0 saturated heterocycles. The largest absolute Gasteiger partial charge is 2.00 e. The van der Waals surface area contributed by atoms with Crippen molar-refractivity contribution < 1.29 is 21.1 Å². The number of fused-ring (bicyclic) bond motifs is 1. The van der Waals surface area contributed by atoms with Gasteiger partial charge in [-0.05, 0) is 40.6 Å². The van der Waals surface area contributed by atoms with Gasteiger partial charge in [-0.2, -0.15) is 0 Å². The molecular formula is C31H37N7Pt. The maximum atomic E-state index is 4.89. The van der Waals surface area contributed by atoms with Gasteiger partial charge in [-0.25, -0.2) is 0 Å². The van der Waals surface area contributed by atoms with E-state index in [0.717, 1.165) is 44.9 Å². The minimum Gasteiger partial charge on any atom is -0.573 e. The van der Waals surface area contributed by atoms with Crippen molar-refractivity contribution in [2.45, 2.75) is 78.6 Å². The first-order valence-electron chi connectivity index (χ1n) is 12.9. The third kappa shape index (κ3) is 7.27. The van der Waals surface area contributed by atoms with Crippen LogP contribution in [0.5, 0.6) is 0 Å². The molecule has 0 aliphatic rings. The van der Waals surface area contributed by atoms with Crippen LogP contribution >= 0.6 is 0 Å². The molecule has 8 heteroatoms. The van der Waals surface area contributed by atoms with Crippen molar-refractivity contribution in [3.8, 4) is 22.8 Å². The molecule has 7 nitrogen and oxygen atoms in total. The van der Waals surface area contributed by atoms with Crippen LogP contribution in [0.3, 0.4) is 0 Å². The zero-order valence-corrected chi connectivity index (χ0v) is 26.5. The summed E-state index contributed by atoms with van der Waals surface area (Å²) in [6.45, 7) is 19.3. The Balaban J connectivity index is 0.000000324. The van der Waals surface area contributed by atoms with E-state index in [1.54, 1.807) is 6.20 Å². The molecule has 0 aromatic carbocycles. The van der Waals surface area contributed by atoms with E-state index < -0.39 is 0 Å². The van der Waals surface area contributed by atoms with Gasteiger partial charge in [0.1, 0.15) is 0 Å². The SMILES string of the molecule is CC(C)(C)c1cc(-c2cc3ccncc3c(-c3cc(C(C)(C)C)n[n-]3)n2)[n-]n1.CC(C)(C)c1ccncc1.[Pt+2]. The van der Waals surface area contributed by atoms with E-state index in [4.69, 9.17) is 4.98 Å². The van der Waals surface area contributed by atoms with Gasteiger partial charge in [-0.3, -0.25) is 15.0 Å². The van der Waals surface area contributed by atoms with Crippen molar-refractivity contribution in [1.82, 2.24) is 35.3 Å². The maximum Gasteiger partial charge on any atom is 2.00 e. The first-order valence-corrected chi connectivity index (χ1v) is 12.9. The van der Waals surface area contributed by atoms with Gasteiger partial charge >= 0.3 is 21.1 Å². The molecule has 0 radical (unpaired) electrons. The molecule has 0 N–H and O–H groups in total. The van der Waals surface area contributed by atoms with Crippen molar-refractivity contribution >= 4 is 10.8 Å². The van der Waals surface area contributed by atoms with E-state index in [1.165, 1.54) is 5.56 Å². The van der Waals surface area contributed by atoms with Crippen LogP contribution in [-0.4, -0.2) is 25.1 Å². The van der Waals surface area contributed by atoms with Gasteiger partial charge in [0.2, 0.25) is 0 Å². The van der Waals surface area contributed by atoms with Crippen LogP contribution in [0.2, 0.25) is 0 Å². The zero-order valence-electron chi connectivity index (χ0n) is 24.2. The van der Waals surface area contributed by atoms with Crippen molar-refractivity contribution in [1.29, 1.82) is 0 Å². The normalized spacial score (nSPS) is 12.0. The van der Waals surface area contributed by atoms with Crippen molar-refractivity contribution in [2.24, 2.45) is 0 Å². The van der Waals surface area contributed by atoms with E-state index in [0.29, 0.717) is 0 Å². The third-order valence-electron chi connectivity index (χ3n) is 6.30. The van der Waals surface area contributed by atoms with Gasteiger partial charge in [0.05, 0.1) is 11.4 Å². The second-order valence-corrected chi connectivity index (χ2v) is 12.7. The van der Waals surface area contributed by atoms with Gasteiger partial charge in [0, 0.05) is 52.4 Å². The Labute approximate surface area is 246 Å². The first-order chi connectivity index (χ1) is 17.7. The average molecular weight is 703 g/mol. The number of hydrogen-bond acceptors (Lipinski definition) is 5. The summed E-state index contributed by atoms with van der Waals surface area (Å²) < 4.78 is 0. The smallest absolute Gasteiger partial charge is 0.573 e. The summed E-state index contributed by atoms with van der Waals surface area (Å²) in [5, 5.41) is 19.5. The van der Waals surface area contributed by atoms with Crippen molar-refractivity contribution in [3.63, 3.8) is 0 Å². The Hall–Kier alpha value is -3.18. The summed E-state index contributed by atoms with van der Waals surface area (Å²) in [5.41, 5.74) is 6.40. The molecule has 0 bridgehead atoms. The minimum atomic E-state index is -0.0737. The molecule has 0 aliphatic heterocycles. The molecule has 0 amide bonds. The standard InChI is InChI=1S/C22H24N6.C9H13N.Pt/c1-21(2,3)18-10-16(25-27-18)15-9-13-7-8-23-12-14(13)20(24-15)17-11-19(28-26-17)22(4,5)6;1-9(2,3)8-4-6-10-7-5-8;/h7-12H,1-6H3;4-7H,1-3H3;/q-2;;+2. The molecule has 5 rings (SSSR count). The predicted octanol–water partition coefficient (Wildman–Crippen LogP) is 6.64. The molecule has 5 aromatic heterocycles. The van der Waals surface area contributed by atoms with E-state index in [9.17, 15) is 0 Å². The molecule has 0 saturated carbocycles. The van der Waals surface area contributed by atoms with Gasteiger partial charge in [0.15, 0.2) is 0 Å². The van der Waals surface area contributed by atoms with E-state index in [1.807, 2.05) is 42.9 Å². The second-order valence-electron chi connectivity index (χ2n) is 12.7. The molecule has 0 spiro atoms. The topological polar surface area (TPSA) is 92.7 Å². The fraction of sp³-hybridized carbons (Fsp3) is 0.387. The summed E-state index contributed by atoms with van der Waals surface area (Å²) in [7, 11) is 0. The molecule has 5 aromatic rings. The van der Waals surface area contributed by atoms with Crippen LogP contribution in [0.1, 0.15) is 79.3 Å². The van der Waals surface area contributed by atoms with Crippen LogP contribution < -0.4 is 10.2 Å². The van der Waals surface area contributed by atoms with Gasteiger partial charge in [-0.15, -0.1) is 0 Å². The van der Waals surface area contributed by atoms with Crippen molar-refractivity contribution in [2.75, 3.05) is 0 Å². The Morgan fingerprint density at radius 2 is 1.15 bits per heavy atom. The number of rotatable bonds is 2. The van der Waals surface area contributed by atoms with Gasteiger partial charge in [-0.1, -0.05) is 85.8 Å². The second kappa shape index (κ2) is 11.5. The average Bonchev–Trinajstić information content (AvgIpc) is 3.54. The fourth-order valence-electron chi connectivity index (χ4n) is 3.83. The summed E-state index contributed by atoms with van der Waals surface area (Å²) in [5.74, 6) is 0. The van der Waals surface area contributed by atoms with Crippen LogP contribution in [0.4, 0.5) is 0 Å². The molecule has 206 valence electrons. The summed E-state index contributed by atoms with van der Waals surface area (Å²) >= 11 is 0. The first kappa shape index (κ1) is 30.4. The monoisotopic (exact) mass is 702 g/mol. The van der Waals surface area contributed by atoms with E-state index in [-0.39, 0.29) is 37.3 Å². The molecular weight excluding hydrogens is 665 g/mol. The van der Waals surface area contributed by atoms with E-state index >= 15 is 0 Å². The Morgan fingerprint density at radius 1 is 0.615 bits per heavy atom. The predicted molar refractivity (Wildman–Crippen MR) is 153 cm³/mol. The number of aromatic nitrogens is 7. The maximum absolute atomic E-state index is 4.89. The van der Waals surface area contributed by atoms with Crippen LogP contribution in [0, 0.1) is 0 Å². The summed E-state index contributed by atoms with van der Waals surface area (Å²) in [6, 6.07) is 12.1. The molecule has 39 heavy (non-hydrogen) atoms. The summed E-state index contributed by atoms with van der Waals surface area (Å²) in [4.78, 5) is 13.1. The van der Waals surface area contributed by atoms with Crippen LogP contribution in [0.25, 0.3) is 33.5 Å². The molecule has 0 atom stereocenters. The number of pyridine rings is 3. The molecule has 5 heterocycles. The van der Waals surface area contributed by atoms with Crippen LogP contribution in [-0.2, 0) is 37.3 Å². The van der Waals surface area contributed by atoms with Crippen LogP contribution in [0.15, 0.2) is 61.2 Å².